The molecule has 0 aliphatic rings. The summed E-state index contributed by atoms with van der Waals surface area (Å²) in [6.45, 7) is 9.68. The molecule has 0 aliphatic carbocycles. The number of phosphoric ester groups is 2. The van der Waals surface area contributed by atoms with E-state index >= 15 is 0 Å². The highest BCUT2D eigenvalue weighted by Crippen LogP contribution is 2.45. The predicted octanol–water partition coefficient (Wildman–Crippen LogP) is 26.2. The minimum Gasteiger partial charge on any atom is -0.462 e. The molecule has 0 amide bonds. The van der Waals surface area contributed by atoms with Gasteiger partial charge in [-0.2, -0.15) is 0 Å². The second kappa shape index (κ2) is 77.4. The van der Waals surface area contributed by atoms with Gasteiger partial charge in [0.05, 0.1) is 26.4 Å². The first-order valence-electron chi connectivity index (χ1n) is 44.5. The first-order valence-corrected chi connectivity index (χ1v) is 47.5. The molecule has 3 N–H and O–H groups in total. The molecular weight excluding hydrogens is 1370 g/mol. The zero-order chi connectivity index (χ0) is 77.1. The maximum Gasteiger partial charge on any atom is 0.472 e. The average molecular weight is 1540 g/mol. The van der Waals surface area contributed by atoms with Crippen LogP contribution in [0, 0.1) is 11.8 Å². The highest BCUT2D eigenvalue weighted by molar-refractivity contribution is 7.47. The minimum absolute atomic E-state index is 0.107. The zero-order valence-electron chi connectivity index (χ0n) is 69.0. The minimum atomic E-state index is -4.97. The molecule has 6 atom stereocenters. The van der Waals surface area contributed by atoms with Gasteiger partial charge >= 0.3 is 39.5 Å². The van der Waals surface area contributed by atoms with Crippen LogP contribution in [0.4, 0.5) is 0 Å². The summed E-state index contributed by atoms with van der Waals surface area (Å²) < 4.78 is 68.9. The molecule has 0 rings (SSSR count). The number of aliphatic hydroxyl groups is 1. The van der Waals surface area contributed by atoms with Crippen LogP contribution < -0.4 is 0 Å². The summed E-state index contributed by atoms with van der Waals surface area (Å²) in [5.41, 5.74) is 0. The van der Waals surface area contributed by atoms with E-state index < -0.39 is 97.5 Å². The number of phosphoric acid groups is 2. The Labute approximate surface area is 645 Å². The highest BCUT2D eigenvalue weighted by Gasteiger charge is 2.30. The van der Waals surface area contributed by atoms with Gasteiger partial charge in [-0.15, -0.1) is 0 Å². The van der Waals surface area contributed by atoms with Crippen molar-refractivity contribution >= 4 is 39.5 Å². The van der Waals surface area contributed by atoms with Crippen molar-refractivity contribution in [1.82, 2.24) is 0 Å². The van der Waals surface area contributed by atoms with Gasteiger partial charge in [0, 0.05) is 25.7 Å². The van der Waals surface area contributed by atoms with Gasteiger partial charge < -0.3 is 33.8 Å². The topological polar surface area (TPSA) is 237 Å². The molecule has 0 aromatic rings. The van der Waals surface area contributed by atoms with E-state index in [1.54, 1.807) is 0 Å². The van der Waals surface area contributed by atoms with Crippen LogP contribution in [0.25, 0.3) is 0 Å². The Morgan fingerprint density at radius 1 is 0.276 bits per heavy atom. The van der Waals surface area contributed by atoms with Crippen molar-refractivity contribution in [3.05, 3.63) is 0 Å². The van der Waals surface area contributed by atoms with E-state index in [9.17, 15) is 43.2 Å². The number of rotatable bonds is 85. The Kier molecular flexibility index (Phi) is 76.0. The molecule has 0 aromatic carbocycles. The third-order valence-corrected chi connectivity index (χ3v) is 22.5. The number of esters is 4. The van der Waals surface area contributed by atoms with E-state index in [4.69, 9.17) is 37.0 Å². The second-order valence-electron chi connectivity index (χ2n) is 31.6. The van der Waals surface area contributed by atoms with Gasteiger partial charge in [0.15, 0.2) is 12.2 Å². The van der Waals surface area contributed by atoms with Crippen LogP contribution in [0.2, 0.25) is 0 Å². The third-order valence-electron chi connectivity index (χ3n) is 20.6. The lowest BCUT2D eigenvalue weighted by molar-refractivity contribution is -0.161. The van der Waals surface area contributed by atoms with Crippen LogP contribution in [-0.4, -0.2) is 96.7 Å². The van der Waals surface area contributed by atoms with Crippen LogP contribution in [0.15, 0.2) is 0 Å². The van der Waals surface area contributed by atoms with E-state index in [2.05, 4.69) is 41.5 Å². The lowest BCUT2D eigenvalue weighted by Crippen LogP contribution is -2.30. The van der Waals surface area contributed by atoms with Gasteiger partial charge in [-0.05, 0) is 37.5 Å². The third kappa shape index (κ3) is 78.5. The van der Waals surface area contributed by atoms with Crippen LogP contribution >= 0.6 is 15.6 Å². The molecule has 0 spiro atoms. The average Bonchev–Trinajstić information content (AvgIpc) is 0.981. The van der Waals surface area contributed by atoms with Crippen molar-refractivity contribution in [3.8, 4) is 0 Å². The number of ether oxygens (including phenoxy) is 4. The van der Waals surface area contributed by atoms with Crippen LogP contribution in [0.1, 0.15) is 459 Å². The van der Waals surface area contributed by atoms with Gasteiger partial charge in [0.25, 0.3) is 0 Å². The Hall–Kier alpha value is -1.94. The van der Waals surface area contributed by atoms with Gasteiger partial charge in [-0.25, -0.2) is 9.13 Å². The van der Waals surface area contributed by atoms with Gasteiger partial charge in [-0.1, -0.05) is 408 Å². The summed E-state index contributed by atoms with van der Waals surface area (Å²) in [5, 5.41) is 10.7. The molecule has 17 nitrogen and oxygen atoms in total. The number of aliphatic hydroxyl groups excluding tert-OH is 1. The molecule has 0 saturated carbocycles. The quantitative estimate of drug-likeness (QED) is 0.0222. The largest absolute Gasteiger partial charge is 0.472 e. The predicted molar refractivity (Wildman–Crippen MR) is 432 cm³/mol. The van der Waals surface area contributed by atoms with E-state index in [0.717, 1.165) is 102 Å². The Morgan fingerprint density at radius 3 is 0.724 bits per heavy atom. The molecule has 0 aromatic heterocycles. The maximum absolute atomic E-state index is 13.1. The molecule has 19 heteroatoms. The fraction of sp³-hybridized carbons (Fsp3) is 0.953. The number of unbranched alkanes of at least 4 members (excludes halogenated alkanes) is 54. The normalized spacial score (nSPS) is 14.1. The van der Waals surface area contributed by atoms with E-state index in [1.165, 1.54) is 270 Å². The summed E-state index contributed by atoms with van der Waals surface area (Å²) >= 11 is 0. The van der Waals surface area contributed by atoms with Crippen molar-refractivity contribution in [2.75, 3.05) is 39.6 Å². The smallest absolute Gasteiger partial charge is 0.462 e. The molecule has 0 radical (unpaired) electrons. The molecule has 105 heavy (non-hydrogen) atoms. The molecule has 0 saturated heterocycles. The summed E-state index contributed by atoms with van der Waals surface area (Å²) in [5.74, 6) is -0.527. The van der Waals surface area contributed by atoms with Crippen molar-refractivity contribution in [1.29, 1.82) is 0 Å². The van der Waals surface area contributed by atoms with Crippen LogP contribution in [0.5, 0.6) is 0 Å². The second-order valence-corrected chi connectivity index (χ2v) is 34.6. The molecule has 0 heterocycles. The fourth-order valence-electron chi connectivity index (χ4n) is 13.4. The van der Waals surface area contributed by atoms with E-state index in [-0.39, 0.29) is 25.7 Å². The SMILES string of the molecule is CCCCCCCCCCCCCCCCCCCCCC(=O)OC[C@H](COP(=O)(O)OC[C@@H](O)COP(=O)(O)OC[C@@H](COC(=O)CCCCCCCCCC(C)C)OC(=O)CCCCCCCCCCCCCCCC)OC(=O)CCCCCCCCCCCCCCCCCCCCC(C)CC. The summed E-state index contributed by atoms with van der Waals surface area (Å²) in [7, 11) is -9.93. The van der Waals surface area contributed by atoms with Crippen molar-refractivity contribution in [2.45, 2.75) is 477 Å². The molecular formula is C86H168O17P2. The standard InChI is InChI=1S/C86H168O17P2/c1-7-10-12-14-16-18-20-22-24-25-26-30-33-37-40-44-50-56-62-68-83(88)96-74-81(102-85(90)71-65-59-52-46-42-38-34-31-28-27-29-32-35-39-43-49-55-61-67-79(6)9-3)76-100-104(92,93)98-72-80(87)73-99-105(94,95)101-77-82(75-97-84(89)69-63-57-53-47-48-54-60-66-78(4)5)103-86(91)70-64-58-51-45-41-36-23-21-19-17-15-13-11-8-2/h78-82,87H,7-77H2,1-6H3,(H,92,93)(H,94,95)/t79?,80-,81-,82-/m1/s1. The van der Waals surface area contributed by atoms with E-state index in [0.29, 0.717) is 31.6 Å². The summed E-state index contributed by atoms with van der Waals surface area (Å²) in [4.78, 5) is 73.2. The number of carbonyl (C=O) groups excluding carboxylic acids is 4. The lowest BCUT2D eigenvalue weighted by atomic mass is 9.99. The summed E-state index contributed by atoms with van der Waals surface area (Å²) in [6, 6.07) is 0. The van der Waals surface area contributed by atoms with Gasteiger partial charge in [0.1, 0.15) is 19.3 Å². The molecule has 0 fully saturated rings. The number of hydrogen-bond acceptors (Lipinski definition) is 15. The number of hydrogen-bond donors (Lipinski definition) is 3. The molecule has 624 valence electrons. The molecule has 0 bridgehead atoms. The molecule has 0 aliphatic heterocycles. The number of carbonyl (C=O) groups is 4. The first kappa shape index (κ1) is 103. The van der Waals surface area contributed by atoms with E-state index in [1.807, 2.05) is 0 Å². The van der Waals surface area contributed by atoms with Crippen LogP contribution in [0.3, 0.4) is 0 Å². The lowest BCUT2D eigenvalue weighted by Gasteiger charge is -2.21. The monoisotopic (exact) mass is 1540 g/mol. The maximum atomic E-state index is 13.1. The first-order chi connectivity index (χ1) is 50.9. The Morgan fingerprint density at radius 2 is 0.486 bits per heavy atom. The van der Waals surface area contributed by atoms with Crippen molar-refractivity contribution < 1.29 is 80.2 Å². The highest BCUT2D eigenvalue weighted by atomic mass is 31.2. The Balaban J connectivity index is 5.21. The fourth-order valence-corrected chi connectivity index (χ4v) is 15.0. The molecule has 3 unspecified atom stereocenters. The summed E-state index contributed by atoms with van der Waals surface area (Å²) in [6.07, 6.45) is 69.5. The van der Waals surface area contributed by atoms with Crippen molar-refractivity contribution in [3.63, 3.8) is 0 Å². The van der Waals surface area contributed by atoms with Gasteiger partial charge in [-0.3, -0.25) is 37.3 Å². The van der Waals surface area contributed by atoms with Crippen molar-refractivity contribution in [2.24, 2.45) is 11.8 Å². The van der Waals surface area contributed by atoms with Gasteiger partial charge in [0.2, 0.25) is 0 Å². The Bertz CT molecular complexity index is 2010. The van der Waals surface area contributed by atoms with Crippen LogP contribution in [-0.2, 0) is 65.4 Å². The zero-order valence-corrected chi connectivity index (χ0v) is 70.8.